The highest BCUT2D eigenvalue weighted by Crippen LogP contribution is 2.57. The number of aromatic hydroxyl groups is 1. The van der Waals surface area contributed by atoms with Crippen molar-refractivity contribution in [3.63, 3.8) is 0 Å². The third kappa shape index (κ3) is 3.69. The number of Topliss-reactive ketones (excluding diaryl/α,β-unsaturated/α-hetero) is 2. The molecule has 226 valence electrons. The van der Waals surface area contributed by atoms with E-state index in [1.807, 2.05) is 0 Å². The topological polar surface area (TPSA) is 195 Å². The number of likely N-dealkylation sites (N-methyl/N-ethyl adjacent to an activating group) is 1. The number of nitrogens with one attached hydrogen (secondary N) is 2. The number of nitrogens with two attached hydrogens (primary N) is 1. The number of hydrogen-bond acceptors (Lipinski definition) is 11. The summed E-state index contributed by atoms with van der Waals surface area (Å²) in [6.07, 6.45) is -5.09. The van der Waals surface area contributed by atoms with Crippen LogP contribution in [0.1, 0.15) is 40.4 Å². The fourth-order valence-corrected chi connectivity index (χ4v) is 7.63. The van der Waals surface area contributed by atoms with Crippen molar-refractivity contribution in [2.75, 3.05) is 32.5 Å². The number of ketones is 2. The Morgan fingerprint density at radius 3 is 2.50 bits per heavy atom. The number of alkyl halides is 3. The van der Waals surface area contributed by atoms with E-state index < -0.39 is 93.1 Å². The van der Waals surface area contributed by atoms with Gasteiger partial charge in [0, 0.05) is 35.2 Å². The van der Waals surface area contributed by atoms with Gasteiger partial charge < -0.3 is 41.5 Å². The third-order valence-corrected chi connectivity index (χ3v) is 9.30. The van der Waals surface area contributed by atoms with Crippen molar-refractivity contribution in [3.05, 3.63) is 39.4 Å². The number of fused-ring (bicyclic) bond motifs is 6. The van der Waals surface area contributed by atoms with Crippen molar-refractivity contribution >= 4 is 23.2 Å². The van der Waals surface area contributed by atoms with Gasteiger partial charge in [-0.2, -0.15) is 0 Å². The van der Waals surface area contributed by atoms with Crippen molar-refractivity contribution in [2.24, 2.45) is 23.5 Å². The Hall–Kier alpha value is -3.82. The van der Waals surface area contributed by atoms with E-state index in [9.17, 15) is 48.0 Å². The van der Waals surface area contributed by atoms with E-state index in [-0.39, 0.29) is 35.6 Å². The van der Waals surface area contributed by atoms with Crippen LogP contribution in [0.15, 0.2) is 22.7 Å². The van der Waals surface area contributed by atoms with Gasteiger partial charge in [0.15, 0.2) is 17.1 Å². The molecule has 5 unspecified atom stereocenters. The van der Waals surface area contributed by atoms with Crippen molar-refractivity contribution in [2.45, 2.75) is 43.3 Å². The maximum absolute atomic E-state index is 14.0. The number of phenolic OH excluding ortho intramolecular Hbond substituents is 1. The van der Waals surface area contributed by atoms with Crippen LogP contribution in [0, 0.1) is 17.8 Å². The van der Waals surface area contributed by atoms with Gasteiger partial charge >= 0.3 is 6.36 Å². The molecule has 1 saturated heterocycles. The second kappa shape index (κ2) is 9.09. The zero-order valence-corrected chi connectivity index (χ0v) is 22.5. The molecule has 3 aliphatic carbocycles. The monoisotopic (exact) mass is 594 g/mol. The van der Waals surface area contributed by atoms with Crippen LogP contribution in [0.5, 0.6) is 11.5 Å². The van der Waals surface area contributed by atoms with Crippen molar-refractivity contribution in [1.29, 1.82) is 0 Å². The first-order chi connectivity index (χ1) is 19.6. The third-order valence-electron chi connectivity index (χ3n) is 9.30. The molecule has 2 heterocycles. The number of phenols is 1. The number of rotatable bonds is 3. The van der Waals surface area contributed by atoms with Crippen molar-refractivity contribution < 1.29 is 52.7 Å². The largest absolute Gasteiger partial charge is 0.573 e. The number of nitrogens with zero attached hydrogens (tertiary/aromatic N) is 1. The van der Waals surface area contributed by atoms with Crippen LogP contribution in [0.25, 0.3) is 0 Å². The van der Waals surface area contributed by atoms with Gasteiger partial charge in [0.1, 0.15) is 22.8 Å². The van der Waals surface area contributed by atoms with Gasteiger partial charge in [0.05, 0.1) is 17.3 Å². The number of carbonyl (C=O) groups excluding carboxylic acids is 3. The van der Waals surface area contributed by atoms with Gasteiger partial charge in [-0.3, -0.25) is 19.3 Å². The van der Waals surface area contributed by atoms with Crippen LogP contribution in [-0.4, -0.2) is 88.0 Å². The van der Waals surface area contributed by atoms with E-state index >= 15 is 0 Å². The van der Waals surface area contributed by atoms with Gasteiger partial charge in [-0.05, 0) is 51.7 Å². The van der Waals surface area contributed by atoms with E-state index in [1.54, 1.807) is 0 Å². The minimum atomic E-state index is -5.15. The minimum absolute atomic E-state index is 0.0415. The van der Waals surface area contributed by atoms with Gasteiger partial charge in [0.25, 0.3) is 5.91 Å². The minimum Gasteiger partial charge on any atom is -0.510 e. The summed E-state index contributed by atoms with van der Waals surface area (Å²) >= 11 is 0. The van der Waals surface area contributed by atoms with Gasteiger partial charge in [0.2, 0.25) is 5.78 Å². The van der Waals surface area contributed by atoms with Crippen LogP contribution in [0.4, 0.5) is 18.9 Å². The fourth-order valence-electron chi connectivity index (χ4n) is 7.63. The Morgan fingerprint density at radius 1 is 1.19 bits per heavy atom. The molecule has 0 spiro atoms. The average Bonchev–Trinajstić information content (AvgIpc) is 3.36. The lowest BCUT2D eigenvalue weighted by molar-refractivity contribution is -0.275. The highest BCUT2D eigenvalue weighted by molar-refractivity contribution is 6.25. The van der Waals surface area contributed by atoms with Gasteiger partial charge in [-0.15, -0.1) is 13.2 Å². The molecule has 1 fully saturated rings. The Labute approximate surface area is 236 Å². The summed E-state index contributed by atoms with van der Waals surface area (Å²) < 4.78 is 46.0. The Bertz CT molecular complexity index is 1520. The first-order valence-corrected chi connectivity index (χ1v) is 13.4. The number of benzene rings is 1. The number of aliphatic hydroxyl groups excluding tert-OH is 2. The van der Waals surface area contributed by atoms with Crippen LogP contribution in [-0.2, 0) is 16.0 Å². The molecule has 6 atom stereocenters. The molecule has 1 aromatic carbocycles. The molecule has 8 N–H and O–H groups in total. The summed E-state index contributed by atoms with van der Waals surface area (Å²) in [6, 6.07) is -1.82. The molecule has 0 radical (unpaired) electrons. The summed E-state index contributed by atoms with van der Waals surface area (Å²) in [5.41, 5.74) is 0.174. The number of primary amides is 1. The Kier molecular flexibility index (Phi) is 6.12. The number of amides is 1. The SMILES string of the molecule is CN(C)C1C(O)=C(C(N)=O)C(=O)[C@@]2(O)C(O)=C3C(=O)c4c(O)c5c(c(OC(F)(F)F)c4CC3CC12)C1NCCC1CN5. The molecule has 15 heteroatoms. The molecule has 0 aromatic heterocycles. The highest BCUT2D eigenvalue weighted by Gasteiger charge is 2.63. The maximum atomic E-state index is 14.0. The van der Waals surface area contributed by atoms with Crippen LogP contribution in [0.2, 0.25) is 0 Å². The molecule has 5 aliphatic rings. The van der Waals surface area contributed by atoms with Crippen LogP contribution >= 0.6 is 0 Å². The van der Waals surface area contributed by atoms with E-state index in [4.69, 9.17) is 5.73 Å². The van der Waals surface area contributed by atoms with Crippen LogP contribution < -0.4 is 21.1 Å². The summed E-state index contributed by atoms with van der Waals surface area (Å²) in [5, 5.41) is 51.4. The van der Waals surface area contributed by atoms with E-state index in [1.165, 1.54) is 19.0 Å². The zero-order valence-electron chi connectivity index (χ0n) is 22.5. The number of hydrogen-bond donors (Lipinski definition) is 7. The molecule has 42 heavy (non-hydrogen) atoms. The molecule has 12 nitrogen and oxygen atoms in total. The predicted octanol–water partition coefficient (Wildman–Crippen LogP) is 1.10. The number of anilines is 1. The van der Waals surface area contributed by atoms with Crippen LogP contribution in [0.3, 0.4) is 0 Å². The Balaban J connectivity index is 1.58. The second-order valence-electron chi connectivity index (χ2n) is 11.7. The smallest absolute Gasteiger partial charge is 0.510 e. The molecule has 2 aliphatic heterocycles. The lowest BCUT2D eigenvalue weighted by Crippen LogP contribution is -2.63. The molecule has 1 amide bonds. The predicted molar refractivity (Wildman–Crippen MR) is 138 cm³/mol. The average molecular weight is 595 g/mol. The van der Waals surface area contributed by atoms with Crippen molar-refractivity contribution in [3.8, 4) is 11.5 Å². The zero-order chi connectivity index (χ0) is 30.6. The standard InChI is InChI=1S/C27H29F3N4O8/c1-34(2)18-11-6-9-5-10-13(19(35)12(9)23(38)26(11,41)24(39)15(21(18)37)25(31)40)20(36)17-14(22(10)42-27(28,29)30)16-8(7-33-17)3-4-32-16/h8-9,11,16,18,32-33,36-38,41H,3-7H2,1-2H3,(H2,31,40)/t8?,9?,11?,16?,18?,26-/m0/s1. The lowest BCUT2D eigenvalue weighted by atomic mass is 9.58. The second-order valence-corrected chi connectivity index (χ2v) is 11.7. The summed E-state index contributed by atoms with van der Waals surface area (Å²) in [4.78, 5) is 40.9. The quantitative estimate of drug-likeness (QED) is 0.196. The summed E-state index contributed by atoms with van der Waals surface area (Å²) in [6.45, 7) is 0.827. The fraction of sp³-hybridized carbons (Fsp3) is 0.519. The number of halogens is 3. The number of allylic oxidation sites excluding steroid dienone is 1. The maximum Gasteiger partial charge on any atom is 0.573 e. The molecular formula is C27H29F3N4O8. The Morgan fingerprint density at radius 2 is 1.88 bits per heavy atom. The van der Waals surface area contributed by atoms with E-state index in [0.717, 1.165) is 0 Å². The van der Waals surface area contributed by atoms with Gasteiger partial charge in [-0.1, -0.05) is 0 Å². The molecule has 0 saturated carbocycles. The number of ether oxygens (including phenoxy) is 1. The molecule has 6 rings (SSSR count). The molecular weight excluding hydrogens is 565 g/mol. The lowest BCUT2D eigenvalue weighted by Gasteiger charge is -2.50. The number of aliphatic hydroxyl groups is 3. The molecule has 0 bridgehead atoms. The van der Waals surface area contributed by atoms with E-state index in [0.29, 0.717) is 19.5 Å². The summed E-state index contributed by atoms with van der Waals surface area (Å²) in [7, 11) is 2.95. The van der Waals surface area contributed by atoms with Gasteiger partial charge in [-0.25, -0.2) is 0 Å². The highest BCUT2D eigenvalue weighted by atomic mass is 19.4. The first kappa shape index (κ1) is 28.3. The number of carbonyl (C=O) groups is 3. The normalized spacial score (nSPS) is 32.1. The molecule has 1 aromatic rings. The van der Waals surface area contributed by atoms with E-state index in [2.05, 4.69) is 15.4 Å². The first-order valence-electron chi connectivity index (χ1n) is 13.4. The van der Waals surface area contributed by atoms with Crippen molar-refractivity contribution in [1.82, 2.24) is 10.2 Å². The summed E-state index contributed by atoms with van der Waals surface area (Å²) in [5.74, 6) is -9.46.